The van der Waals surface area contributed by atoms with Crippen LogP contribution in [0.5, 0.6) is 0 Å². The summed E-state index contributed by atoms with van der Waals surface area (Å²) >= 11 is 11.2. The summed E-state index contributed by atoms with van der Waals surface area (Å²) in [7, 11) is -3.82. The Morgan fingerprint density at radius 3 is 2.44 bits per heavy atom. The van der Waals surface area contributed by atoms with E-state index in [4.69, 9.17) is 29.0 Å². The third-order valence-corrected chi connectivity index (χ3v) is 6.34. The molecule has 0 fully saturated rings. The van der Waals surface area contributed by atoms with E-state index in [0.29, 0.717) is 11.4 Å². The number of primary sulfonamides is 1. The van der Waals surface area contributed by atoms with Crippen molar-refractivity contribution in [2.45, 2.75) is 11.4 Å². The van der Waals surface area contributed by atoms with Gasteiger partial charge in [0.2, 0.25) is 10.0 Å². The van der Waals surface area contributed by atoms with Crippen molar-refractivity contribution in [1.29, 1.82) is 0 Å². The third-order valence-electron chi connectivity index (χ3n) is 4.93. The number of sulfonamides is 1. The molecule has 0 spiro atoms. The minimum absolute atomic E-state index is 0.0288. The molecule has 4 rings (SSSR count). The zero-order valence-corrected chi connectivity index (χ0v) is 19.7. The molecule has 0 radical (unpaired) electrons. The van der Waals surface area contributed by atoms with E-state index in [1.807, 2.05) is 30.3 Å². The van der Waals surface area contributed by atoms with Crippen molar-refractivity contribution in [1.82, 2.24) is 5.43 Å². The fourth-order valence-electron chi connectivity index (χ4n) is 3.33. The Morgan fingerprint density at radius 1 is 1.12 bits per heavy atom. The van der Waals surface area contributed by atoms with Crippen LogP contribution >= 0.6 is 23.8 Å². The first-order valence-electron chi connectivity index (χ1n) is 9.76. The average molecular weight is 518 g/mol. The second-order valence-electron chi connectivity index (χ2n) is 7.26. The Hall–Kier alpha value is -3.38. The number of carbonyl (C=O) groups is 1. The van der Waals surface area contributed by atoms with Crippen molar-refractivity contribution in [3.63, 3.8) is 0 Å². The second-order valence-corrected chi connectivity index (χ2v) is 9.63. The fraction of sp³-hybridized carbons (Fsp3) is 0.0455. The molecule has 0 unspecified atom stereocenters. The fourth-order valence-corrected chi connectivity index (χ4v) is 4.16. The quantitative estimate of drug-likeness (QED) is 0.353. The van der Waals surface area contributed by atoms with Crippen LogP contribution in [0.25, 0.3) is 0 Å². The SMILES string of the molecule is NS(=O)(=O)c1ccc(NC(=S)NN=C2C(=O)N(Cc3ccccc3)c3cc(Cl)c(F)cc32)cc1. The molecule has 1 heterocycles. The number of hydrazone groups is 1. The summed E-state index contributed by atoms with van der Waals surface area (Å²) in [6, 6.07) is 17.4. The number of anilines is 2. The van der Waals surface area contributed by atoms with E-state index in [2.05, 4.69) is 15.8 Å². The van der Waals surface area contributed by atoms with Gasteiger partial charge < -0.3 is 10.2 Å². The van der Waals surface area contributed by atoms with Crippen LogP contribution in [0.3, 0.4) is 0 Å². The molecule has 1 aliphatic heterocycles. The van der Waals surface area contributed by atoms with Gasteiger partial charge in [-0.25, -0.2) is 17.9 Å². The predicted octanol–water partition coefficient (Wildman–Crippen LogP) is 3.36. The van der Waals surface area contributed by atoms with Gasteiger partial charge in [0.15, 0.2) is 10.8 Å². The molecule has 1 amide bonds. The first-order valence-corrected chi connectivity index (χ1v) is 12.1. The average Bonchev–Trinajstić information content (AvgIpc) is 3.03. The monoisotopic (exact) mass is 517 g/mol. The molecule has 0 bridgehead atoms. The molecular weight excluding hydrogens is 501 g/mol. The van der Waals surface area contributed by atoms with Crippen LogP contribution in [0.1, 0.15) is 11.1 Å². The number of fused-ring (bicyclic) bond motifs is 1. The number of benzene rings is 3. The van der Waals surface area contributed by atoms with Gasteiger partial charge in [-0.2, -0.15) is 5.10 Å². The summed E-state index contributed by atoms with van der Waals surface area (Å²) in [5, 5.41) is 11.9. The van der Waals surface area contributed by atoms with Gasteiger partial charge in [-0.05, 0) is 54.2 Å². The van der Waals surface area contributed by atoms with Crippen LogP contribution in [0, 0.1) is 5.82 Å². The van der Waals surface area contributed by atoms with E-state index in [-0.39, 0.29) is 32.9 Å². The molecular formula is C22H17ClFN5O3S2. The van der Waals surface area contributed by atoms with E-state index < -0.39 is 21.7 Å². The van der Waals surface area contributed by atoms with Gasteiger partial charge in [0.05, 0.1) is 22.2 Å². The predicted molar refractivity (Wildman–Crippen MR) is 133 cm³/mol. The summed E-state index contributed by atoms with van der Waals surface area (Å²) in [6.45, 7) is 0.243. The summed E-state index contributed by atoms with van der Waals surface area (Å²) in [5.41, 5.74) is 4.58. The summed E-state index contributed by atoms with van der Waals surface area (Å²) in [6.07, 6.45) is 0. The molecule has 0 aliphatic carbocycles. The third kappa shape index (κ3) is 5.07. The smallest absolute Gasteiger partial charge is 0.279 e. The summed E-state index contributed by atoms with van der Waals surface area (Å²) < 4.78 is 36.9. The van der Waals surface area contributed by atoms with Gasteiger partial charge in [0, 0.05) is 11.3 Å². The number of nitrogens with one attached hydrogen (secondary N) is 2. The molecule has 0 atom stereocenters. The lowest BCUT2D eigenvalue weighted by Gasteiger charge is -2.17. The normalized spacial score (nSPS) is 14.3. The van der Waals surface area contributed by atoms with Crippen LogP contribution in [-0.4, -0.2) is 25.1 Å². The minimum Gasteiger partial charge on any atom is -0.331 e. The molecule has 0 saturated heterocycles. The van der Waals surface area contributed by atoms with Gasteiger partial charge in [-0.15, -0.1) is 0 Å². The summed E-state index contributed by atoms with van der Waals surface area (Å²) in [5.74, 6) is -1.13. The maximum Gasteiger partial charge on any atom is 0.279 e. The van der Waals surface area contributed by atoms with Crippen LogP contribution in [0.2, 0.25) is 5.02 Å². The number of hydrogen-bond acceptors (Lipinski definition) is 5. The topological polar surface area (TPSA) is 117 Å². The van der Waals surface area contributed by atoms with E-state index in [1.54, 1.807) is 0 Å². The highest BCUT2D eigenvalue weighted by Crippen LogP contribution is 2.34. The Kier molecular flexibility index (Phi) is 6.62. The number of rotatable bonds is 5. The number of nitrogens with two attached hydrogens (primary N) is 1. The van der Waals surface area contributed by atoms with Gasteiger partial charge >= 0.3 is 0 Å². The van der Waals surface area contributed by atoms with Crippen molar-refractivity contribution in [3.05, 3.63) is 88.7 Å². The largest absolute Gasteiger partial charge is 0.331 e. The van der Waals surface area contributed by atoms with Crippen molar-refractivity contribution >= 4 is 61.9 Å². The highest BCUT2D eigenvalue weighted by atomic mass is 35.5. The first kappa shape index (κ1) is 23.8. The minimum atomic E-state index is -3.82. The zero-order chi connectivity index (χ0) is 24.5. The van der Waals surface area contributed by atoms with Crippen LogP contribution in [-0.2, 0) is 21.4 Å². The van der Waals surface area contributed by atoms with E-state index in [9.17, 15) is 17.6 Å². The lowest BCUT2D eigenvalue weighted by Crippen LogP contribution is -2.32. The molecule has 12 heteroatoms. The maximum absolute atomic E-state index is 14.2. The second kappa shape index (κ2) is 9.47. The molecule has 8 nitrogen and oxygen atoms in total. The number of hydrogen-bond donors (Lipinski definition) is 3. The highest BCUT2D eigenvalue weighted by Gasteiger charge is 2.35. The number of nitrogens with zero attached hydrogens (tertiary/aromatic N) is 2. The molecule has 3 aromatic rings. The van der Waals surface area contributed by atoms with Gasteiger partial charge in [0.1, 0.15) is 5.82 Å². The van der Waals surface area contributed by atoms with Crippen molar-refractivity contribution in [2.24, 2.45) is 10.2 Å². The van der Waals surface area contributed by atoms with Crippen LogP contribution in [0.15, 0.2) is 76.7 Å². The molecule has 174 valence electrons. The zero-order valence-electron chi connectivity index (χ0n) is 17.3. The van der Waals surface area contributed by atoms with E-state index >= 15 is 0 Å². The lowest BCUT2D eigenvalue weighted by molar-refractivity contribution is -0.112. The maximum atomic E-state index is 14.2. The van der Waals surface area contributed by atoms with E-state index in [1.165, 1.54) is 35.2 Å². The van der Waals surface area contributed by atoms with Crippen molar-refractivity contribution in [2.75, 3.05) is 10.2 Å². The number of amides is 1. The van der Waals surface area contributed by atoms with Crippen LogP contribution in [0.4, 0.5) is 15.8 Å². The molecule has 4 N–H and O–H groups in total. The molecule has 1 aliphatic rings. The highest BCUT2D eigenvalue weighted by molar-refractivity contribution is 7.89. The van der Waals surface area contributed by atoms with Crippen LogP contribution < -0.4 is 20.8 Å². The molecule has 3 aromatic carbocycles. The molecule has 34 heavy (non-hydrogen) atoms. The first-order chi connectivity index (χ1) is 16.1. The van der Waals surface area contributed by atoms with Gasteiger partial charge in [-0.1, -0.05) is 41.9 Å². The van der Waals surface area contributed by atoms with Gasteiger partial charge in [0.25, 0.3) is 5.91 Å². The number of carbonyl (C=O) groups excluding carboxylic acids is 1. The van der Waals surface area contributed by atoms with Crippen molar-refractivity contribution < 1.29 is 17.6 Å². The Bertz CT molecular complexity index is 1410. The number of thiocarbonyl (C=S) groups is 1. The van der Waals surface area contributed by atoms with E-state index in [0.717, 1.165) is 11.6 Å². The molecule has 0 aromatic heterocycles. The number of halogens is 2. The standard InChI is InChI=1S/C22H17ClFN5O3S2/c23-17-11-19-16(10-18(17)24)20(21(30)29(19)12-13-4-2-1-3-5-13)27-28-22(33)26-14-6-8-15(9-7-14)34(25,31)32/h1-11H,12H2,(H2,25,31,32)(H2,26,28,33). The Balaban J connectivity index is 1.56. The Morgan fingerprint density at radius 2 is 1.79 bits per heavy atom. The lowest BCUT2D eigenvalue weighted by atomic mass is 10.1. The van der Waals surface area contributed by atoms with Crippen molar-refractivity contribution in [3.8, 4) is 0 Å². The Labute approximate surface area is 205 Å². The van der Waals surface area contributed by atoms with Gasteiger partial charge in [-0.3, -0.25) is 10.2 Å². The molecule has 0 saturated carbocycles. The summed E-state index contributed by atoms with van der Waals surface area (Å²) in [4.78, 5) is 14.6.